The number of fused-ring (bicyclic) bond motifs is 1. The summed E-state index contributed by atoms with van der Waals surface area (Å²) in [7, 11) is 0. The number of anilines is 2. The fourth-order valence-electron chi connectivity index (χ4n) is 2.93. The third-order valence-corrected chi connectivity index (χ3v) is 4.22. The van der Waals surface area contributed by atoms with Crippen LogP contribution in [-0.2, 0) is 6.54 Å². The highest BCUT2D eigenvalue weighted by molar-refractivity contribution is 5.87. The summed E-state index contributed by atoms with van der Waals surface area (Å²) in [6.45, 7) is 2.53. The fraction of sp³-hybridized carbons (Fsp3) is 0.278. The van der Waals surface area contributed by atoms with Crippen LogP contribution < -0.4 is 10.2 Å². The topological polar surface area (TPSA) is 53.9 Å². The van der Waals surface area contributed by atoms with Crippen LogP contribution >= 0.6 is 0 Å². The predicted octanol–water partition coefficient (Wildman–Crippen LogP) is 3.38. The summed E-state index contributed by atoms with van der Waals surface area (Å²) in [5.41, 5.74) is 1.69. The second-order valence-electron chi connectivity index (χ2n) is 5.92. The van der Waals surface area contributed by atoms with Crippen molar-refractivity contribution in [3.63, 3.8) is 0 Å². The Morgan fingerprint density at radius 3 is 2.62 bits per heavy atom. The van der Waals surface area contributed by atoms with Crippen molar-refractivity contribution in [3.05, 3.63) is 54.0 Å². The number of aromatic nitrogens is 3. The molecule has 0 amide bonds. The number of hydrogen-bond donors (Lipinski definition) is 1. The van der Waals surface area contributed by atoms with E-state index < -0.39 is 0 Å². The van der Waals surface area contributed by atoms with Gasteiger partial charge in [0, 0.05) is 25.8 Å². The quantitative estimate of drug-likeness (QED) is 0.798. The van der Waals surface area contributed by atoms with Crippen LogP contribution in [0, 0.1) is 5.82 Å². The standard InChI is InChI=1S/C18H18FN5/c19-14-7-5-13(6-8-14)12-21-17-15-4-3-9-20-16(15)22-18(23-17)24-10-1-2-11-24/h3-9H,1-2,10-12H2,(H,20,21,22,23). The van der Waals surface area contributed by atoms with Gasteiger partial charge in [-0.3, -0.25) is 0 Å². The number of hydrogen-bond acceptors (Lipinski definition) is 5. The Hall–Kier alpha value is -2.76. The van der Waals surface area contributed by atoms with Crippen molar-refractivity contribution in [2.45, 2.75) is 19.4 Å². The molecule has 0 atom stereocenters. The summed E-state index contributed by atoms with van der Waals surface area (Å²) in [5, 5.41) is 4.24. The summed E-state index contributed by atoms with van der Waals surface area (Å²) in [4.78, 5) is 15.9. The van der Waals surface area contributed by atoms with E-state index in [0.717, 1.165) is 35.8 Å². The van der Waals surface area contributed by atoms with Gasteiger partial charge in [0.2, 0.25) is 5.95 Å². The smallest absolute Gasteiger partial charge is 0.229 e. The minimum atomic E-state index is -0.230. The van der Waals surface area contributed by atoms with Crippen LogP contribution in [0.25, 0.3) is 11.0 Å². The van der Waals surface area contributed by atoms with Gasteiger partial charge >= 0.3 is 0 Å². The molecule has 122 valence electrons. The molecule has 0 unspecified atom stereocenters. The summed E-state index contributed by atoms with van der Waals surface area (Å²) in [6, 6.07) is 10.3. The van der Waals surface area contributed by atoms with Crippen molar-refractivity contribution in [2.75, 3.05) is 23.3 Å². The summed E-state index contributed by atoms with van der Waals surface area (Å²) in [6.07, 6.45) is 4.08. The lowest BCUT2D eigenvalue weighted by atomic mass is 10.2. The molecule has 1 fully saturated rings. The molecule has 0 saturated carbocycles. The highest BCUT2D eigenvalue weighted by Gasteiger charge is 2.17. The Morgan fingerprint density at radius 2 is 1.83 bits per heavy atom. The predicted molar refractivity (Wildman–Crippen MR) is 92.5 cm³/mol. The lowest BCUT2D eigenvalue weighted by molar-refractivity contribution is 0.627. The van der Waals surface area contributed by atoms with E-state index >= 15 is 0 Å². The first-order valence-corrected chi connectivity index (χ1v) is 8.16. The van der Waals surface area contributed by atoms with E-state index in [1.165, 1.54) is 25.0 Å². The van der Waals surface area contributed by atoms with Crippen molar-refractivity contribution in [3.8, 4) is 0 Å². The molecule has 5 nitrogen and oxygen atoms in total. The molecule has 0 radical (unpaired) electrons. The number of rotatable bonds is 4. The third kappa shape index (κ3) is 2.99. The van der Waals surface area contributed by atoms with E-state index in [1.807, 2.05) is 12.1 Å². The molecule has 0 aliphatic carbocycles. The normalized spacial score (nSPS) is 14.3. The minimum absolute atomic E-state index is 0.230. The second kappa shape index (κ2) is 6.39. The Kier molecular flexibility index (Phi) is 3.94. The monoisotopic (exact) mass is 323 g/mol. The van der Waals surface area contributed by atoms with Crippen molar-refractivity contribution >= 4 is 22.8 Å². The van der Waals surface area contributed by atoms with E-state index in [2.05, 4.69) is 20.2 Å². The highest BCUT2D eigenvalue weighted by atomic mass is 19.1. The first-order valence-electron chi connectivity index (χ1n) is 8.16. The van der Waals surface area contributed by atoms with Crippen molar-refractivity contribution in [1.29, 1.82) is 0 Å². The third-order valence-electron chi connectivity index (χ3n) is 4.22. The number of pyridine rings is 1. The van der Waals surface area contributed by atoms with Crippen LogP contribution in [-0.4, -0.2) is 28.0 Å². The van der Waals surface area contributed by atoms with E-state index in [1.54, 1.807) is 18.3 Å². The number of nitrogens with zero attached hydrogens (tertiary/aromatic N) is 4. The maximum Gasteiger partial charge on any atom is 0.229 e. The molecule has 1 aromatic carbocycles. The zero-order valence-electron chi connectivity index (χ0n) is 13.2. The Labute approximate surface area is 139 Å². The molecule has 1 saturated heterocycles. The van der Waals surface area contributed by atoms with Gasteiger partial charge in [-0.1, -0.05) is 12.1 Å². The molecule has 0 spiro atoms. The molecule has 4 rings (SSSR count). The van der Waals surface area contributed by atoms with Crippen molar-refractivity contribution in [2.24, 2.45) is 0 Å². The first kappa shape index (κ1) is 14.8. The molecule has 1 N–H and O–H groups in total. The zero-order chi connectivity index (χ0) is 16.4. The van der Waals surface area contributed by atoms with E-state index in [0.29, 0.717) is 12.2 Å². The van der Waals surface area contributed by atoms with E-state index in [9.17, 15) is 4.39 Å². The van der Waals surface area contributed by atoms with Crippen molar-refractivity contribution in [1.82, 2.24) is 15.0 Å². The van der Waals surface area contributed by atoms with Crippen LogP contribution in [0.5, 0.6) is 0 Å². The molecule has 2 aromatic heterocycles. The molecule has 3 heterocycles. The maximum absolute atomic E-state index is 13.0. The van der Waals surface area contributed by atoms with Gasteiger partial charge in [-0.2, -0.15) is 9.97 Å². The summed E-state index contributed by atoms with van der Waals surface area (Å²) < 4.78 is 13.0. The SMILES string of the molecule is Fc1ccc(CNc2nc(N3CCCC3)nc3ncccc23)cc1. The van der Waals surface area contributed by atoms with Gasteiger partial charge in [-0.05, 0) is 42.7 Å². The van der Waals surface area contributed by atoms with Gasteiger partial charge < -0.3 is 10.2 Å². The van der Waals surface area contributed by atoms with Gasteiger partial charge in [0.05, 0.1) is 5.39 Å². The van der Waals surface area contributed by atoms with E-state index in [4.69, 9.17) is 4.98 Å². The van der Waals surface area contributed by atoms with Crippen molar-refractivity contribution < 1.29 is 4.39 Å². The van der Waals surface area contributed by atoms with Gasteiger partial charge in [-0.15, -0.1) is 0 Å². The van der Waals surface area contributed by atoms with Gasteiger partial charge in [-0.25, -0.2) is 9.37 Å². The number of benzene rings is 1. The average Bonchev–Trinajstić information content (AvgIpc) is 3.15. The summed E-state index contributed by atoms with van der Waals surface area (Å²) >= 11 is 0. The Bertz CT molecular complexity index is 844. The van der Waals surface area contributed by atoms with Gasteiger partial charge in [0.25, 0.3) is 0 Å². The maximum atomic E-state index is 13.0. The first-order chi connectivity index (χ1) is 11.8. The number of halogens is 1. The highest BCUT2D eigenvalue weighted by Crippen LogP contribution is 2.24. The molecular weight excluding hydrogens is 305 g/mol. The fourth-order valence-corrected chi connectivity index (χ4v) is 2.93. The average molecular weight is 323 g/mol. The van der Waals surface area contributed by atoms with Crippen LogP contribution in [0.3, 0.4) is 0 Å². The van der Waals surface area contributed by atoms with Gasteiger partial charge in [0.1, 0.15) is 11.6 Å². The van der Waals surface area contributed by atoms with Crippen LogP contribution in [0.2, 0.25) is 0 Å². The van der Waals surface area contributed by atoms with Crippen LogP contribution in [0.4, 0.5) is 16.2 Å². The molecular formula is C18H18FN5. The Morgan fingerprint density at radius 1 is 1.04 bits per heavy atom. The largest absolute Gasteiger partial charge is 0.365 e. The molecule has 6 heteroatoms. The molecule has 3 aromatic rings. The molecule has 1 aliphatic rings. The van der Waals surface area contributed by atoms with Crippen LogP contribution in [0.15, 0.2) is 42.6 Å². The second-order valence-corrected chi connectivity index (χ2v) is 5.92. The van der Waals surface area contributed by atoms with Gasteiger partial charge in [0.15, 0.2) is 5.65 Å². The van der Waals surface area contributed by atoms with Crippen LogP contribution in [0.1, 0.15) is 18.4 Å². The minimum Gasteiger partial charge on any atom is -0.365 e. The molecule has 1 aliphatic heterocycles. The lowest BCUT2D eigenvalue weighted by Crippen LogP contribution is -2.21. The molecule has 24 heavy (non-hydrogen) atoms. The van der Waals surface area contributed by atoms with E-state index in [-0.39, 0.29) is 5.82 Å². The Balaban J connectivity index is 1.65. The lowest BCUT2D eigenvalue weighted by Gasteiger charge is -2.17. The summed E-state index contributed by atoms with van der Waals surface area (Å²) in [5.74, 6) is 1.26. The zero-order valence-corrected chi connectivity index (χ0v) is 13.2. The number of nitrogens with one attached hydrogen (secondary N) is 1. The molecule has 0 bridgehead atoms.